The van der Waals surface area contributed by atoms with Gasteiger partial charge in [0.2, 0.25) is 0 Å². The first kappa shape index (κ1) is 20.9. The van der Waals surface area contributed by atoms with Gasteiger partial charge >= 0.3 is 0 Å². The molecule has 2 rings (SSSR count). The van der Waals surface area contributed by atoms with Gasteiger partial charge < -0.3 is 10.1 Å². The Morgan fingerprint density at radius 2 is 1.85 bits per heavy atom. The molecule has 2 aromatic rings. The van der Waals surface area contributed by atoms with Gasteiger partial charge in [-0.2, -0.15) is 0 Å². The van der Waals surface area contributed by atoms with Gasteiger partial charge in [-0.25, -0.2) is 0 Å². The van der Waals surface area contributed by atoms with E-state index in [-0.39, 0.29) is 11.0 Å². The van der Waals surface area contributed by atoms with E-state index in [1.807, 2.05) is 50.2 Å². The van der Waals surface area contributed by atoms with E-state index in [0.29, 0.717) is 17.9 Å². The number of rotatable bonds is 8. The van der Waals surface area contributed by atoms with E-state index in [2.05, 4.69) is 17.6 Å². The summed E-state index contributed by atoms with van der Waals surface area (Å²) in [4.78, 5) is 12.6. The second kappa shape index (κ2) is 10.7. The summed E-state index contributed by atoms with van der Waals surface area (Å²) in [7, 11) is 0. The predicted octanol–water partition coefficient (Wildman–Crippen LogP) is 5.39. The minimum Gasteiger partial charge on any atom is -0.493 e. The third kappa shape index (κ3) is 6.68. The van der Waals surface area contributed by atoms with Gasteiger partial charge in [0.1, 0.15) is 5.75 Å². The van der Waals surface area contributed by atoms with Crippen LogP contribution in [0.1, 0.15) is 54.1 Å². The number of hydrogen-bond acceptors (Lipinski definition) is 3. The molecule has 0 radical (unpaired) electrons. The second-order valence-electron chi connectivity index (χ2n) is 6.63. The van der Waals surface area contributed by atoms with Crippen molar-refractivity contribution in [3.05, 3.63) is 59.2 Å². The Hall–Kier alpha value is -2.40. The van der Waals surface area contributed by atoms with Crippen molar-refractivity contribution in [3.8, 4) is 5.75 Å². The lowest BCUT2D eigenvalue weighted by Gasteiger charge is -2.14. The molecule has 0 spiro atoms. The lowest BCUT2D eigenvalue weighted by Crippen LogP contribution is -2.34. The normalized spacial score (nSPS) is 10.3. The van der Waals surface area contributed by atoms with E-state index in [1.165, 1.54) is 12.8 Å². The molecule has 0 saturated heterocycles. The zero-order valence-corrected chi connectivity index (χ0v) is 17.1. The Balaban J connectivity index is 1.96. The molecule has 4 nitrogen and oxygen atoms in total. The molecule has 0 saturated carbocycles. The summed E-state index contributed by atoms with van der Waals surface area (Å²) in [5, 5.41) is 6.11. The van der Waals surface area contributed by atoms with Crippen LogP contribution in [0, 0.1) is 13.8 Å². The van der Waals surface area contributed by atoms with Gasteiger partial charge in [0.15, 0.2) is 5.11 Å². The molecule has 0 aliphatic heterocycles. The second-order valence-corrected chi connectivity index (χ2v) is 7.04. The zero-order valence-electron chi connectivity index (χ0n) is 16.3. The van der Waals surface area contributed by atoms with Crippen molar-refractivity contribution in [2.45, 2.75) is 46.5 Å². The first-order valence-corrected chi connectivity index (χ1v) is 9.83. The Morgan fingerprint density at radius 1 is 1.07 bits per heavy atom. The lowest BCUT2D eigenvalue weighted by atomic mass is 10.1. The summed E-state index contributed by atoms with van der Waals surface area (Å²) in [6.07, 6.45) is 4.50. The van der Waals surface area contributed by atoms with Gasteiger partial charge in [0.05, 0.1) is 12.2 Å². The molecule has 0 aromatic heterocycles. The molecule has 27 heavy (non-hydrogen) atoms. The maximum absolute atomic E-state index is 12.6. The molecule has 0 heterocycles. The lowest BCUT2D eigenvalue weighted by molar-refractivity contribution is 0.0973. The van der Waals surface area contributed by atoms with E-state index in [9.17, 15) is 4.79 Å². The summed E-state index contributed by atoms with van der Waals surface area (Å²) in [6.45, 7) is 6.79. The van der Waals surface area contributed by atoms with Gasteiger partial charge in [0, 0.05) is 5.69 Å². The first-order valence-electron chi connectivity index (χ1n) is 9.42. The number of unbranched alkanes of at least 4 members (excludes halogenated alkanes) is 3. The summed E-state index contributed by atoms with van der Waals surface area (Å²) in [5.41, 5.74) is 3.56. The number of carbonyl (C=O) groups excluding carboxylic acids is 1. The summed E-state index contributed by atoms with van der Waals surface area (Å²) in [5.74, 6) is 0.308. The van der Waals surface area contributed by atoms with Crippen LogP contribution < -0.4 is 15.4 Å². The highest BCUT2D eigenvalue weighted by Gasteiger charge is 2.14. The van der Waals surface area contributed by atoms with Crippen LogP contribution in [0.5, 0.6) is 5.75 Å². The van der Waals surface area contributed by atoms with Crippen molar-refractivity contribution in [3.63, 3.8) is 0 Å². The fourth-order valence-corrected chi connectivity index (χ4v) is 2.89. The Kier molecular flexibility index (Phi) is 8.27. The monoisotopic (exact) mass is 384 g/mol. The molecule has 144 valence electrons. The topological polar surface area (TPSA) is 50.4 Å². The smallest absolute Gasteiger partial charge is 0.261 e. The van der Waals surface area contributed by atoms with Crippen LogP contribution in [-0.2, 0) is 0 Å². The highest BCUT2D eigenvalue weighted by atomic mass is 32.1. The number of aryl methyl sites for hydroxylation is 2. The fraction of sp³-hybridized carbons (Fsp3) is 0.364. The average molecular weight is 385 g/mol. The van der Waals surface area contributed by atoms with Crippen molar-refractivity contribution in [2.75, 3.05) is 11.9 Å². The number of benzene rings is 2. The number of thiocarbonyl (C=S) groups is 1. The highest BCUT2D eigenvalue weighted by Crippen LogP contribution is 2.19. The third-order valence-corrected chi connectivity index (χ3v) is 4.46. The predicted molar refractivity (Wildman–Crippen MR) is 116 cm³/mol. The van der Waals surface area contributed by atoms with E-state index in [1.54, 1.807) is 6.07 Å². The van der Waals surface area contributed by atoms with Crippen molar-refractivity contribution in [2.24, 2.45) is 0 Å². The number of ether oxygens (including phenoxy) is 1. The van der Waals surface area contributed by atoms with E-state index >= 15 is 0 Å². The SMILES string of the molecule is CCCCCCOc1ccccc1C(=O)NC(=S)Nc1cc(C)ccc1C. The molecule has 2 aromatic carbocycles. The van der Waals surface area contributed by atoms with Gasteiger partial charge in [-0.05, 0) is 61.8 Å². The largest absolute Gasteiger partial charge is 0.493 e. The van der Waals surface area contributed by atoms with Crippen molar-refractivity contribution < 1.29 is 9.53 Å². The molecular formula is C22H28N2O2S. The van der Waals surface area contributed by atoms with E-state index < -0.39 is 0 Å². The van der Waals surface area contributed by atoms with Crippen molar-refractivity contribution in [1.29, 1.82) is 0 Å². The zero-order chi connectivity index (χ0) is 19.6. The summed E-state index contributed by atoms with van der Waals surface area (Å²) in [6, 6.07) is 13.3. The van der Waals surface area contributed by atoms with Crippen LogP contribution >= 0.6 is 12.2 Å². The van der Waals surface area contributed by atoms with E-state index in [4.69, 9.17) is 17.0 Å². The standard InChI is InChI=1S/C22H28N2O2S/c1-4-5-6-9-14-26-20-11-8-7-10-18(20)21(25)24-22(27)23-19-15-16(2)12-13-17(19)3/h7-8,10-13,15H,4-6,9,14H2,1-3H3,(H2,23,24,25,27). The molecule has 0 atom stereocenters. The van der Waals surface area contributed by atoms with Crippen molar-refractivity contribution in [1.82, 2.24) is 5.32 Å². The maximum atomic E-state index is 12.6. The number of para-hydroxylation sites is 1. The molecule has 0 bridgehead atoms. The van der Waals surface area contributed by atoms with Crippen LogP contribution in [0.2, 0.25) is 0 Å². The minimum absolute atomic E-state index is 0.270. The number of hydrogen-bond donors (Lipinski definition) is 2. The quantitative estimate of drug-likeness (QED) is 0.473. The third-order valence-electron chi connectivity index (χ3n) is 4.26. The number of carbonyl (C=O) groups is 1. The van der Waals surface area contributed by atoms with Gasteiger partial charge in [-0.1, -0.05) is 50.5 Å². The Morgan fingerprint density at radius 3 is 2.63 bits per heavy atom. The fourth-order valence-electron chi connectivity index (χ4n) is 2.69. The molecule has 5 heteroatoms. The minimum atomic E-state index is -0.276. The van der Waals surface area contributed by atoms with E-state index in [0.717, 1.165) is 29.7 Å². The van der Waals surface area contributed by atoms with Crippen LogP contribution in [0.4, 0.5) is 5.69 Å². The van der Waals surface area contributed by atoms with Gasteiger partial charge in [-0.3, -0.25) is 10.1 Å². The number of amides is 1. The highest BCUT2D eigenvalue weighted by molar-refractivity contribution is 7.80. The van der Waals surface area contributed by atoms with Crippen LogP contribution in [-0.4, -0.2) is 17.6 Å². The number of nitrogens with one attached hydrogen (secondary N) is 2. The molecule has 0 unspecified atom stereocenters. The van der Waals surface area contributed by atoms with Crippen LogP contribution in [0.15, 0.2) is 42.5 Å². The molecule has 0 fully saturated rings. The van der Waals surface area contributed by atoms with Gasteiger partial charge in [0.25, 0.3) is 5.91 Å². The Bertz CT molecular complexity index is 790. The molecular weight excluding hydrogens is 356 g/mol. The van der Waals surface area contributed by atoms with Gasteiger partial charge in [-0.15, -0.1) is 0 Å². The summed E-state index contributed by atoms with van der Waals surface area (Å²) >= 11 is 5.31. The maximum Gasteiger partial charge on any atom is 0.261 e. The summed E-state index contributed by atoms with van der Waals surface area (Å²) < 4.78 is 5.82. The Labute approximate surface area is 167 Å². The molecule has 0 aliphatic carbocycles. The molecule has 1 amide bonds. The molecule has 0 aliphatic rings. The first-order chi connectivity index (χ1) is 13.0. The van der Waals surface area contributed by atoms with Crippen molar-refractivity contribution >= 4 is 28.9 Å². The molecule has 2 N–H and O–H groups in total. The average Bonchev–Trinajstić information content (AvgIpc) is 2.64. The van der Waals surface area contributed by atoms with Crippen LogP contribution in [0.25, 0.3) is 0 Å². The van der Waals surface area contributed by atoms with Crippen LogP contribution in [0.3, 0.4) is 0 Å². The number of anilines is 1.